The standard InChI is InChI=1S/C12H22O2/c1-10-5-3-6-11(9-10)7-4-8-12(13)14-2/h10-11H,3-9H2,1-2H3. The summed E-state index contributed by atoms with van der Waals surface area (Å²) in [6.07, 6.45) is 8.31. The van der Waals surface area contributed by atoms with Crippen molar-refractivity contribution in [2.75, 3.05) is 7.11 Å². The number of methoxy groups -OCH3 is 1. The lowest BCUT2D eigenvalue weighted by Crippen LogP contribution is -2.13. The summed E-state index contributed by atoms with van der Waals surface area (Å²) < 4.78 is 4.62. The van der Waals surface area contributed by atoms with Crippen LogP contribution in [0.3, 0.4) is 0 Å². The molecule has 2 atom stereocenters. The molecular formula is C12H22O2. The third kappa shape index (κ3) is 4.12. The van der Waals surface area contributed by atoms with Crippen molar-refractivity contribution in [3.63, 3.8) is 0 Å². The van der Waals surface area contributed by atoms with Gasteiger partial charge in [0.25, 0.3) is 0 Å². The third-order valence-electron chi connectivity index (χ3n) is 3.27. The number of rotatable bonds is 4. The highest BCUT2D eigenvalue weighted by Gasteiger charge is 2.18. The van der Waals surface area contributed by atoms with E-state index < -0.39 is 0 Å². The van der Waals surface area contributed by atoms with Crippen molar-refractivity contribution in [3.8, 4) is 0 Å². The minimum Gasteiger partial charge on any atom is -0.469 e. The van der Waals surface area contributed by atoms with Gasteiger partial charge in [0.05, 0.1) is 7.11 Å². The lowest BCUT2D eigenvalue weighted by Gasteiger charge is -2.26. The molecule has 2 heteroatoms. The fraction of sp³-hybridized carbons (Fsp3) is 0.917. The maximum absolute atomic E-state index is 10.9. The molecule has 14 heavy (non-hydrogen) atoms. The van der Waals surface area contributed by atoms with Crippen LogP contribution >= 0.6 is 0 Å². The van der Waals surface area contributed by atoms with Crippen LogP contribution in [0.25, 0.3) is 0 Å². The van der Waals surface area contributed by atoms with E-state index in [4.69, 9.17) is 0 Å². The minimum atomic E-state index is -0.0612. The highest BCUT2D eigenvalue weighted by Crippen LogP contribution is 2.31. The molecule has 2 nitrogen and oxygen atoms in total. The average molecular weight is 198 g/mol. The summed E-state index contributed by atoms with van der Waals surface area (Å²) in [5, 5.41) is 0. The van der Waals surface area contributed by atoms with E-state index in [1.54, 1.807) is 0 Å². The molecule has 0 aromatic carbocycles. The van der Waals surface area contributed by atoms with E-state index in [0.717, 1.165) is 18.3 Å². The van der Waals surface area contributed by atoms with Gasteiger partial charge in [0.2, 0.25) is 0 Å². The first kappa shape index (κ1) is 11.5. The first-order valence-electron chi connectivity index (χ1n) is 5.79. The Hall–Kier alpha value is -0.530. The van der Waals surface area contributed by atoms with Crippen molar-refractivity contribution in [3.05, 3.63) is 0 Å². The molecule has 0 aromatic rings. The molecule has 1 aliphatic rings. The molecule has 0 N–H and O–H groups in total. The van der Waals surface area contributed by atoms with Gasteiger partial charge in [0.15, 0.2) is 0 Å². The first-order valence-corrected chi connectivity index (χ1v) is 5.79. The van der Waals surface area contributed by atoms with Crippen molar-refractivity contribution >= 4 is 5.97 Å². The summed E-state index contributed by atoms with van der Waals surface area (Å²) in [6.45, 7) is 2.34. The third-order valence-corrected chi connectivity index (χ3v) is 3.27. The van der Waals surface area contributed by atoms with Gasteiger partial charge in [-0.1, -0.05) is 26.2 Å². The maximum atomic E-state index is 10.9. The van der Waals surface area contributed by atoms with Crippen LogP contribution in [0.2, 0.25) is 0 Å². The predicted octanol–water partition coefficient (Wildman–Crippen LogP) is 3.16. The second-order valence-electron chi connectivity index (χ2n) is 4.61. The fourth-order valence-electron chi connectivity index (χ4n) is 2.46. The Balaban J connectivity index is 2.08. The first-order chi connectivity index (χ1) is 6.72. The lowest BCUT2D eigenvalue weighted by atomic mass is 9.80. The van der Waals surface area contributed by atoms with Crippen molar-refractivity contribution < 1.29 is 9.53 Å². The molecule has 1 aliphatic carbocycles. The van der Waals surface area contributed by atoms with Crippen molar-refractivity contribution in [1.29, 1.82) is 0 Å². The highest BCUT2D eigenvalue weighted by atomic mass is 16.5. The molecular weight excluding hydrogens is 176 g/mol. The average Bonchev–Trinajstić information content (AvgIpc) is 2.17. The Morgan fingerprint density at radius 3 is 2.86 bits per heavy atom. The zero-order valence-electron chi connectivity index (χ0n) is 9.42. The Kier molecular flexibility index (Phi) is 4.99. The van der Waals surface area contributed by atoms with Crippen LogP contribution in [0.15, 0.2) is 0 Å². The van der Waals surface area contributed by atoms with E-state index in [2.05, 4.69) is 11.7 Å². The SMILES string of the molecule is COC(=O)CCCC1CCCC(C)C1. The number of ether oxygens (including phenoxy) is 1. The van der Waals surface area contributed by atoms with E-state index in [0.29, 0.717) is 6.42 Å². The smallest absolute Gasteiger partial charge is 0.305 e. The van der Waals surface area contributed by atoms with E-state index >= 15 is 0 Å². The quantitative estimate of drug-likeness (QED) is 0.649. The van der Waals surface area contributed by atoms with Crippen LogP contribution in [0.4, 0.5) is 0 Å². The molecule has 1 saturated carbocycles. The Morgan fingerprint density at radius 1 is 1.43 bits per heavy atom. The summed E-state index contributed by atoms with van der Waals surface area (Å²) in [5.74, 6) is 1.70. The second-order valence-corrected chi connectivity index (χ2v) is 4.61. The number of carbonyl (C=O) groups is 1. The van der Waals surface area contributed by atoms with Gasteiger partial charge >= 0.3 is 5.97 Å². The van der Waals surface area contributed by atoms with E-state index in [1.807, 2.05) is 0 Å². The van der Waals surface area contributed by atoms with Crippen LogP contribution < -0.4 is 0 Å². The largest absolute Gasteiger partial charge is 0.469 e. The summed E-state index contributed by atoms with van der Waals surface area (Å²) in [7, 11) is 1.46. The molecule has 0 amide bonds. The molecule has 0 spiro atoms. The van der Waals surface area contributed by atoms with Gasteiger partial charge in [-0.2, -0.15) is 0 Å². The van der Waals surface area contributed by atoms with E-state index in [-0.39, 0.29) is 5.97 Å². The molecule has 1 rings (SSSR count). The predicted molar refractivity (Wildman–Crippen MR) is 57.0 cm³/mol. The van der Waals surface area contributed by atoms with Crippen LogP contribution in [0, 0.1) is 11.8 Å². The van der Waals surface area contributed by atoms with Gasteiger partial charge in [-0.25, -0.2) is 0 Å². The molecule has 0 aromatic heterocycles. The Bertz CT molecular complexity index is 177. The molecule has 0 aliphatic heterocycles. The van der Waals surface area contributed by atoms with Gasteiger partial charge in [0.1, 0.15) is 0 Å². The molecule has 0 bridgehead atoms. The minimum absolute atomic E-state index is 0.0612. The van der Waals surface area contributed by atoms with Crippen molar-refractivity contribution in [2.24, 2.45) is 11.8 Å². The van der Waals surface area contributed by atoms with Gasteiger partial charge in [-0.3, -0.25) is 4.79 Å². The highest BCUT2D eigenvalue weighted by molar-refractivity contribution is 5.68. The van der Waals surface area contributed by atoms with Gasteiger partial charge in [-0.15, -0.1) is 0 Å². The summed E-state index contributed by atoms with van der Waals surface area (Å²) in [4.78, 5) is 10.9. The number of hydrogen-bond donors (Lipinski definition) is 0. The maximum Gasteiger partial charge on any atom is 0.305 e. The Morgan fingerprint density at radius 2 is 2.21 bits per heavy atom. The molecule has 0 saturated heterocycles. The summed E-state index contributed by atoms with van der Waals surface area (Å²) in [5.41, 5.74) is 0. The van der Waals surface area contributed by atoms with E-state index in [9.17, 15) is 4.79 Å². The van der Waals surface area contributed by atoms with Gasteiger partial charge in [-0.05, 0) is 31.1 Å². The molecule has 0 radical (unpaired) electrons. The topological polar surface area (TPSA) is 26.3 Å². The van der Waals surface area contributed by atoms with Crippen LogP contribution in [0.1, 0.15) is 51.9 Å². The summed E-state index contributed by atoms with van der Waals surface area (Å²) in [6, 6.07) is 0. The second kappa shape index (κ2) is 6.05. The van der Waals surface area contributed by atoms with Gasteiger partial charge < -0.3 is 4.74 Å². The van der Waals surface area contributed by atoms with Crippen molar-refractivity contribution in [1.82, 2.24) is 0 Å². The van der Waals surface area contributed by atoms with Gasteiger partial charge in [0, 0.05) is 6.42 Å². The Labute approximate surface area is 87.0 Å². The zero-order valence-corrected chi connectivity index (χ0v) is 9.42. The summed E-state index contributed by atoms with van der Waals surface area (Å²) >= 11 is 0. The van der Waals surface area contributed by atoms with Crippen LogP contribution in [-0.4, -0.2) is 13.1 Å². The molecule has 82 valence electrons. The van der Waals surface area contributed by atoms with Crippen molar-refractivity contribution in [2.45, 2.75) is 51.9 Å². The molecule has 1 fully saturated rings. The van der Waals surface area contributed by atoms with Crippen LogP contribution in [0.5, 0.6) is 0 Å². The number of esters is 1. The fourth-order valence-corrected chi connectivity index (χ4v) is 2.46. The molecule has 2 unspecified atom stereocenters. The number of hydrogen-bond acceptors (Lipinski definition) is 2. The lowest BCUT2D eigenvalue weighted by molar-refractivity contribution is -0.140. The normalized spacial score (nSPS) is 27.3. The zero-order chi connectivity index (χ0) is 10.4. The monoisotopic (exact) mass is 198 g/mol. The van der Waals surface area contributed by atoms with E-state index in [1.165, 1.54) is 39.2 Å². The number of carbonyl (C=O) groups excluding carboxylic acids is 1. The molecule has 0 heterocycles. The van der Waals surface area contributed by atoms with Crippen LogP contribution in [-0.2, 0) is 9.53 Å².